The zero-order valence-corrected chi connectivity index (χ0v) is 8.30. The van der Waals surface area contributed by atoms with Gasteiger partial charge in [0, 0.05) is 4.70 Å². The summed E-state index contributed by atoms with van der Waals surface area (Å²) in [7, 11) is 1.59. The zero-order chi connectivity index (χ0) is 10.1. The summed E-state index contributed by atoms with van der Waals surface area (Å²) in [6.45, 7) is 0. The Morgan fingerprint density at radius 3 is 2.86 bits per heavy atom. The van der Waals surface area contributed by atoms with E-state index in [1.807, 2.05) is 6.07 Å². The fourth-order valence-corrected chi connectivity index (χ4v) is 2.16. The Kier molecular flexibility index (Phi) is 2.13. The van der Waals surface area contributed by atoms with Crippen LogP contribution < -0.4 is 4.74 Å². The van der Waals surface area contributed by atoms with Crippen LogP contribution in [0.25, 0.3) is 10.1 Å². The van der Waals surface area contributed by atoms with Crippen molar-refractivity contribution in [2.24, 2.45) is 0 Å². The van der Waals surface area contributed by atoms with Crippen LogP contribution in [0.1, 0.15) is 10.4 Å². The zero-order valence-electron chi connectivity index (χ0n) is 7.48. The summed E-state index contributed by atoms with van der Waals surface area (Å²) >= 11 is 1.43. The molecule has 0 saturated carbocycles. The molecule has 1 N–H and O–H groups in total. The number of fused-ring (bicyclic) bond motifs is 1. The first-order valence-electron chi connectivity index (χ1n) is 4.00. The molecule has 1 aromatic carbocycles. The van der Waals surface area contributed by atoms with Gasteiger partial charge >= 0.3 is 0 Å². The van der Waals surface area contributed by atoms with Gasteiger partial charge in [-0.25, -0.2) is 0 Å². The van der Waals surface area contributed by atoms with Crippen LogP contribution in [0.4, 0.5) is 0 Å². The van der Waals surface area contributed by atoms with Crippen LogP contribution in [0.15, 0.2) is 18.2 Å². The van der Waals surface area contributed by atoms with Crippen LogP contribution in [0.5, 0.6) is 10.8 Å². The maximum Gasteiger partial charge on any atom is 0.174 e. The van der Waals surface area contributed by atoms with Crippen molar-refractivity contribution in [3.05, 3.63) is 23.8 Å². The van der Waals surface area contributed by atoms with Gasteiger partial charge in [0.15, 0.2) is 11.3 Å². The third kappa shape index (κ3) is 1.33. The van der Waals surface area contributed by atoms with Crippen molar-refractivity contribution >= 4 is 27.7 Å². The summed E-state index contributed by atoms with van der Waals surface area (Å²) < 4.78 is 5.97. The Balaban J connectivity index is 2.69. The summed E-state index contributed by atoms with van der Waals surface area (Å²) in [6.07, 6.45) is 0.638. The topological polar surface area (TPSA) is 46.5 Å². The van der Waals surface area contributed by atoms with E-state index < -0.39 is 0 Å². The van der Waals surface area contributed by atoms with Gasteiger partial charge in [0.2, 0.25) is 0 Å². The first-order chi connectivity index (χ1) is 6.74. The number of rotatable bonds is 2. The molecule has 2 aromatic rings. The summed E-state index contributed by atoms with van der Waals surface area (Å²) in [4.78, 5) is 10.6. The van der Waals surface area contributed by atoms with Crippen LogP contribution in [-0.4, -0.2) is 18.5 Å². The average molecular weight is 208 g/mol. The Labute approximate surface area is 84.6 Å². The molecule has 0 unspecified atom stereocenters. The molecule has 0 atom stereocenters. The number of phenolic OH excluding ortho intramolecular Hbond substituents is 1. The Morgan fingerprint density at radius 1 is 1.43 bits per heavy atom. The molecule has 3 nitrogen and oxygen atoms in total. The summed E-state index contributed by atoms with van der Waals surface area (Å²) in [5, 5.41) is 11.1. The van der Waals surface area contributed by atoms with Crippen LogP contribution in [0, 0.1) is 0 Å². The van der Waals surface area contributed by atoms with Crippen molar-refractivity contribution < 1.29 is 14.6 Å². The lowest BCUT2D eigenvalue weighted by molar-refractivity contribution is 0.112. The second-order valence-corrected chi connectivity index (χ2v) is 3.88. The molecule has 1 aromatic heterocycles. The van der Waals surface area contributed by atoms with Crippen molar-refractivity contribution in [1.29, 1.82) is 0 Å². The van der Waals surface area contributed by atoms with Crippen LogP contribution in [0.3, 0.4) is 0 Å². The number of thiophene rings is 1. The predicted octanol–water partition coefficient (Wildman–Crippen LogP) is 2.43. The van der Waals surface area contributed by atoms with Crippen molar-refractivity contribution in [2.75, 3.05) is 7.11 Å². The Bertz CT molecular complexity index is 487. The molecule has 1 heterocycles. The molecule has 0 fully saturated rings. The third-order valence-corrected chi connectivity index (χ3v) is 3.03. The van der Waals surface area contributed by atoms with E-state index in [4.69, 9.17) is 4.74 Å². The monoisotopic (exact) mass is 208 g/mol. The number of benzene rings is 1. The van der Waals surface area contributed by atoms with Gasteiger partial charge in [-0.1, -0.05) is 11.3 Å². The maximum atomic E-state index is 10.6. The first kappa shape index (κ1) is 9.02. The van der Waals surface area contributed by atoms with Crippen molar-refractivity contribution in [3.8, 4) is 10.8 Å². The van der Waals surface area contributed by atoms with Gasteiger partial charge in [0.1, 0.15) is 5.75 Å². The summed E-state index contributed by atoms with van der Waals surface area (Å²) in [6, 6.07) is 5.06. The molecule has 0 radical (unpaired) electrons. The normalized spacial score (nSPS) is 10.4. The lowest BCUT2D eigenvalue weighted by Gasteiger charge is -1.95. The van der Waals surface area contributed by atoms with Gasteiger partial charge in [-0.2, -0.15) is 0 Å². The van der Waals surface area contributed by atoms with Crippen LogP contribution >= 0.6 is 11.3 Å². The third-order valence-electron chi connectivity index (χ3n) is 1.97. The molecule has 0 spiro atoms. The summed E-state index contributed by atoms with van der Waals surface area (Å²) in [5.74, 6) is 0.0111. The molecular weight excluding hydrogens is 200 g/mol. The molecule has 14 heavy (non-hydrogen) atoms. The molecule has 4 heteroatoms. The van der Waals surface area contributed by atoms with E-state index in [9.17, 15) is 9.90 Å². The molecule has 0 amide bonds. The van der Waals surface area contributed by atoms with Gasteiger partial charge in [-0.05, 0) is 23.6 Å². The van der Waals surface area contributed by atoms with Crippen molar-refractivity contribution in [3.63, 3.8) is 0 Å². The SMILES string of the molecule is COc1cc2cc(C=O)c(O)cc2s1. The molecule has 0 bridgehead atoms. The number of hydrogen-bond acceptors (Lipinski definition) is 4. The van der Waals surface area contributed by atoms with Gasteiger partial charge in [-0.3, -0.25) is 4.79 Å². The highest BCUT2D eigenvalue weighted by Gasteiger charge is 2.06. The standard InChI is InChI=1S/C10H8O3S/c1-13-10-3-6-2-7(5-11)8(12)4-9(6)14-10/h2-5,12H,1H3. The molecular formula is C10H8O3S. The Hall–Kier alpha value is -1.55. The number of ether oxygens (including phenoxy) is 1. The lowest BCUT2D eigenvalue weighted by Crippen LogP contribution is -1.79. The van der Waals surface area contributed by atoms with Gasteiger partial charge in [0.05, 0.1) is 12.7 Å². The highest BCUT2D eigenvalue weighted by molar-refractivity contribution is 7.20. The van der Waals surface area contributed by atoms with E-state index in [0.717, 1.165) is 15.1 Å². The van der Waals surface area contributed by atoms with E-state index >= 15 is 0 Å². The molecule has 0 aliphatic rings. The number of aldehydes is 1. The lowest BCUT2D eigenvalue weighted by atomic mass is 10.1. The van der Waals surface area contributed by atoms with Gasteiger partial charge in [0.25, 0.3) is 0 Å². The molecule has 0 aliphatic carbocycles. The predicted molar refractivity (Wildman–Crippen MR) is 55.4 cm³/mol. The fraction of sp³-hybridized carbons (Fsp3) is 0.100. The second-order valence-electron chi connectivity index (χ2n) is 2.84. The number of methoxy groups -OCH3 is 1. The maximum absolute atomic E-state index is 10.6. The largest absolute Gasteiger partial charge is 0.507 e. The minimum Gasteiger partial charge on any atom is -0.507 e. The fourth-order valence-electron chi connectivity index (χ4n) is 1.26. The number of carbonyl (C=O) groups excluding carboxylic acids is 1. The number of carbonyl (C=O) groups is 1. The summed E-state index contributed by atoms with van der Waals surface area (Å²) in [5.41, 5.74) is 0.304. The number of phenols is 1. The minimum atomic E-state index is 0.0111. The van der Waals surface area contributed by atoms with Gasteiger partial charge < -0.3 is 9.84 Å². The molecule has 2 rings (SSSR count). The van der Waals surface area contributed by atoms with E-state index in [-0.39, 0.29) is 5.75 Å². The minimum absolute atomic E-state index is 0.0111. The smallest absolute Gasteiger partial charge is 0.174 e. The van der Waals surface area contributed by atoms with E-state index in [1.54, 1.807) is 19.2 Å². The average Bonchev–Trinajstić information content (AvgIpc) is 2.58. The second kappa shape index (κ2) is 3.31. The number of aromatic hydroxyl groups is 1. The van der Waals surface area contributed by atoms with Crippen LogP contribution in [0.2, 0.25) is 0 Å². The van der Waals surface area contributed by atoms with Crippen molar-refractivity contribution in [1.82, 2.24) is 0 Å². The number of hydrogen-bond donors (Lipinski definition) is 1. The van der Waals surface area contributed by atoms with E-state index in [0.29, 0.717) is 11.8 Å². The van der Waals surface area contributed by atoms with Crippen molar-refractivity contribution in [2.45, 2.75) is 0 Å². The highest BCUT2D eigenvalue weighted by Crippen LogP contribution is 2.34. The Morgan fingerprint density at radius 2 is 2.21 bits per heavy atom. The van der Waals surface area contributed by atoms with E-state index in [2.05, 4.69) is 0 Å². The first-order valence-corrected chi connectivity index (χ1v) is 4.82. The molecule has 72 valence electrons. The molecule has 0 saturated heterocycles. The molecule has 0 aliphatic heterocycles. The highest BCUT2D eigenvalue weighted by atomic mass is 32.1. The quantitative estimate of drug-likeness (QED) is 0.771. The van der Waals surface area contributed by atoms with E-state index in [1.165, 1.54) is 11.3 Å². The van der Waals surface area contributed by atoms with Crippen LogP contribution in [-0.2, 0) is 0 Å². The van der Waals surface area contributed by atoms with Gasteiger partial charge in [-0.15, -0.1) is 0 Å².